The molecule has 0 amide bonds. The zero-order chi connectivity index (χ0) is 24.3. The van der Waals surface area contributed by atoms with E-state index in [2.05, 4.69) is 70.6 Å². The number of hydrogen-bond acceptors (Lipinski definition) is 7. The molecule has 0 saturated heterocycles. The fraction of sp³-hybridized carbons (Fsp3) is 0.357. The number of hydrogen-bond donors (Lipinski definition) is 0. The van der Waals surface area contributed by atoms with Gasteiger partial charge in [-0.25, -0.2) is 0 Å². The summed E-state index contributed by atoms with van der Waals surface area (Å²) in [5.41, 5.74) is 3.02. The summed E-state index contributed by atoms with van der Waals surface area (Å²) in [5, 5.41) is 12.1. The fourth-order valence-corrected chi connectivity index (χ4v) is 4.63. The molecular weight excluding hydrogens is 440 g/mol. The second-order valence-corrected chi connectivity index (χ2v) is 9.00. The predicted octanol–water partition coefficient (Wildman–Crippen LogP) is 6.66. The lowest BCUT2D eigenvalue weighted by atomic mass is 9.70. The second-order valence-electron chi connectivity index (χ2n) is 9.00. The maximum absolute atomic E-state index is 6.06. The van der Waals surface area contributed by atoms with Crippen molar-refractivity contribution in [3.63, 3.8) is 0 Å². The molecule has 7 nitrogen and oxygen atoms in total. The van der Waals surface area contributed by atoms with E-state index in [1.165, 1.54) is 17.5 Å². The SMILES string of the molecule is CCC(CC)(c1ccc(Oc2ccc(-c3noc(C)n3)nn2)cc1)c1ccc(OC2CCC2)cc1. The van der Waals surface area contributed by atoms with Crippen molar-refractivity contribution in [1.29, 1.82) is 0 Å². The van der Waals surface area contributed by atoms with E-state index in [4.69, 9.17) is 14.0 Å². The third kappa shape index (κ3) is 4.76. The van der Waals surface area contributed by atoms with Gasteiger partial charge in [-0.15, -0.1) is 10.2 Å². The summed E-state index contributed by atoms with van der Waals surface area (Å²) >= 11 is 0. The number of ether oxygens (including phenoxy) is 2. The van der Waals surface area contributed by atoms with Gasteiger partial charge in [0.05, 0.1) is 6.10 Å². The highest BCUT2D eigenvalue weighted by atomic mass is 16.5. The first-order valence-corrected chi connectivity index (χ1v) is 12.3. The number of aromatic nitrogens is 4. The maximum Gasteiger partial charge on any atom is 0.238 e. The molecule has 1 fully saturated rings. The van der Waals surface area contributed by atoms with Crippen LogP contribution in [0.1, 0.15) is 63.0 Å². The molecule has 0 spiro atoms. The van der Waals surface area contributed by atoms with Crippen LogP contribution in [-0.2, 0) is 5.41 Å². The van der Waals surface area contributed by atoms with Crippen LogP contribution in [0.2, 0.25) is 0 Å². The van der Waals surface area contributed by atoms with Gasteiger partial charge >= 0.3 is 0 Å². The molecule has 2 aromatic carbocycles. The summed E-state index contributed by atoms with van der Waals surface area (Å²) in [6.07, 6.45) is 5.98. The molecule has 0 unspecified atom stereocenters. The standard InChI is InChI=1S/C28H30N4O3/c1-4-28(5-2,20-9-13-23(14-10-20)33-22-7-6-8-22)21-11-15-24(16-12-21)34-26-18-17-25(30-31-26)27-29-19(3)35-32-27/h9-18,22H,4-8H2,1-3H3. The molecule has 4 aromatic rings. The summed E-state index contributed by atoms with van der Waals surface area (Å²) in [6, 6.07) is 20.4. The lowest BCUT2D eigenvalue weighted by Gasteiger charge is -2.34. The van der Waals surface area contributed by atoms with E-state index in [0.717, 1.165) is 31.4 Å². The highest BCUT2D eigenvalue weighted by Gasteiger charge is 2.31. The minimum Gasteiger partial charge on any atom is -0.490 e. The Bertz CT molecular complexity index is 1240. The summed E-state index contributed by atoms with van der Waals surface area (Å²) in [5.74, 6) is 2.96. The Kier molecular flexibility index (Phi) is 6.49. The van der Waals surface area contributed by atoms with Crippen molar-refractivity contribution < 1.29 is 14.0 Å². The normalized spacial score (nSPS) is 13.9. The van der Waals surface area contributed by atoms with E-state index < -0.39 is 0 Å². The van der Waals surface area contributed by atoms with Gasteiger partial charge in [-0.1, -0.05) is 43.3 Å². The number of benzene rings is 2. The Morgan fingerprint density at radius 1 is 0.857 bits per heavy atom. The van der Waals surface area contributed by atoms with Crippen LogP contribution in [0.25, 0.3) is 11.5 Å². The van der Waals surface area contributed by atoms with Gasteiger partial charge in [0.25, 0.3) is 0 Å². The third-order valence-electron chi connectivity index (χ3n) is 7.00. The molecular formula is C28H30N4O3. The van der Waals surface area contributed by atoms with Crippen LogP contribution in [0.3, 0.4) is 0 Å². The van der Waals surface area contributed by atoms with Crippen LogP contribution in [0.15, 0.2) is 65.2 Å². The van der Waals surface area contributed by atoms with Crippen LogP contribution >= 0.6 is 0 Å². The van der Waals surface area contributed by atoms with Crippen LogP contribution in [0, 0.1) is 6.92 Å². The van der Waals surface area contributed by atoms with E-state index >= 15 is 0 Å². The second kappa shape index (κ2) is 9.86. The third-order valence-corrected chi connectivity index (χ3v) is 7.00. The Hall–Kier alpha value is -3.74. The summed E-state index contributed by atoms with van der Waals surface area (Å²) in [6.45, 7) is 6.22. The van der Waals surface area contributed by atoms with E-state index in [1.807, 2.05) is 12.1 Å². The van der Waals surface area contributed by atoms with Gasteiger partial charge in [0, 0.05) is 18.4 Å². The number of nitrogens with zero attached hydrogens (tertiary/aromatic N) is 4. The topological polar surface area (TPSA) is 83.2 Å². The van der Waals surface area contributed by atoms with Crippen LogP contribution in [0.4, 0.5) is 0 Å². The van der Waals surface area contributed by atoms with E-state index in [1.54, 1.807) is 19.1 Å². The largest absolute Gasteiger partial charge is 0.490 e. The smallest absolute Gasteiger partial charge is 0.238 e. The van der Waals surface area contributed by atoms with Crippen LogP contribution in [0.5, 0.6) is 17.4 Å². The fourth-order valence-electron chi connectivity index (χ4n) is 4.63. The van der Waals surface area contributed by atoms with Gasteiger partial charge in [-0.3, -0.25) is 0 Å². The van der Waals surface area contributed by atoms with Crippen molar-refractivity contribution in [2.45, 2.75) is 64.4 Å². The Balaban J connectivity index is 1.31. The van der Waals surface area contributed by atoms with Gasteiger partial charge in [0.15, 0.2) is 0 Å². The molecule has 2 heterocycles. The number of aryl methyl sites for hydroxylation is 1. The minimum atomic E-state index is -0.0717. The molecule has 180 valence electrons. The zero-order valence-corrected chi connectivity index (χ0v) is 20.4. The van der Waals surface area contributed by atoms with Crippen molar-refractivity contribution in [3.8, 4) is 28.9 Å². The predicted molar refractivity (Wildman–Crippen MR) is 133 cm³/mol. The molecule has 1 aliphatic carbocycles. The van der Waals surface area contributed by atoms with Crippen molar-refractivity contribution >= 4 is 0 Å². The van der Waals surface area contributed by atoms with E-state index in [9.17, 15) is 0 Å². The monoisotopic (exact) mass is 470 g/mol. The van der Waals surface area contributed by atoms with Crippen molar-refractivity contribution in [1.82, 2.24) is 20.3 Å². The molecule has 0 bridgehead atoms. The van der Waals surface area contributed by atoms with Gasteiger partial charge in [-0.05, 0) is 73.6 Å². The highest BCUT2D eigenvalue weighted by molar-refractivity contribution is 5.48. The van der Waals surface area contributed by atoms with Crippen molar-refractivity contribution in [2.24, 2.45) is 0 Å². The maximum atomic E-state index is 6.06. The highest BCUT2D eigenvalue weighted by Crippen LogP contribution is 2.40. The molecule has 0 radical (unpaired) electrons. The molecule has 0 aliphatic heterocycles. The Labute approximate surface area is 205 Å². The number of rotatable bonds is 9. The average molecular weight is 471 g/mol. The summed E-state index contributed by atoms with van der Waals surface area (Å²) < 4.78 is 17.0. The molecule has 1 aliphatic rings. The van der Waals surface area contributed by atoms with Gasteiger partial charge in [0.1, 0.15) is 17.2 Å². The lowest BCUT2D eigenvalue weighted by Crippen LogP contribution is -2.26. The Morgan fingerprint density at radius 2 is 1.51 bits per heavy atom. The molecule has 0 N–H and O–H groups in total. The van der Waals surface area contributed by atoms with Gasteiger partial charge in [0.2, 0.25) is 17.6 Å². The van der Waals surface area contributed by atoms with Crippen molar-refractivity contribution in [2.75, 3.05) is 0 Å². The molecule has 1 saturated carbocycles. The van der Waals surface area contributed by atoms with Crippen LogP contribution < -0.4 is 9.47 Å². The van der Waals surface area contributed by atoms with E-state index in [0.29, 0.717) is 35.1 Å². The lowest BCUT2D eigenvalue weighted by molar-refractivity contribution is 0.120. The first-order chi connectivity index (χ1) is 17.1. The van der Waals surface area contributed by atoms with E-state index in [-0.39, 0.29) is 5.41 Å². The Morgan fingerprint density at radius 3 is 2.00 bits per heavy atom. The van der Waals surface area contributed by atoms with Crippen molar-refractivity contribution in [3.05, 3.63) is 77.7 Å². The first kappa shape index (κ1) is 23.0. The molecule has 5 rings (SSSR count). The molecule has 7 heteroatoms. The van der Waals surface area contributed by atoms with Crippen LogP contribution in [-0.4, -0.2) is 26.4 Å². The molecule has 2 aromatic heterocycles. The molecule has 0 atom stereocenters. The zero-order valence-electron chi connectivity index (χ0n) is 20.4. The first-order valence-electron chi connectivity index (χ1n) is 12.3. The quantitative estimate of drug-likeness (QED) is 0.270. The van der Waals surface area contributed by atoms with Gasteiger partial charge < -0.3 is 14.0 Å². The average Bonchev–Trinajstić information content (AvgIpc) is 3.31. The summed E-state index contributed by atoms with van der Waals surface area (Å²) in [7, 11) is 0. The molecule has 35 heavy (non-hydrogen) atoms. The minimum absolute atomic E-state index is 0.0717. The van der Waals surface area contributed by atoms with Gasteiger partial charge in [-0.2, -0.15) is 4.98 Å². The summed E-state index contributed by atoms with van der Waals surface area (Å²) in [4.78, 5) is 4.16.